The normalized spacial score (nSPS) is 11.0. The zero-order valence-electron chi connectivity index (χ0n) is 10.9. The molecule has 0 saturated heterocycles. The van der Waals surface area contributed by atoms with E-state index in [1.54, 1.807) is 18.9 Å². The largest absolute Gasteiger partial charge is 0.495 e. The number of ether oxygens (including phenoxy) is 1. The van der Waals surface area contributed by atoms with Crippen LogP contribution in [-0.2, 0) is 0 Å². The minimum absolute atomic E-state index is 0.663. The number of rotatable bonds is 5. The van der Waals surface area contributed by atoms with Crippen LogP contribution in [0.4, 0.5) is 0 Å². The Kier molecular flexibility index (Phi) is 5.10. The molecule has 0 saturated carbocycles. The Balaban J connectivity index is 2.75. The highest BCUT2D eigenvalue weighted by atomic mass is 32.2. The molecule has 0 heterocycles. The Bertz CT molecular complexity index is 420. The van der Waals surface area contributed by atoms with E-state index in [9.17, 15) is 0 Å². The molecule has 0 amide bonds. The van der Waals surface area contributed by atoms with Crippen LogP contribution in [0.2, 0.25) is 25.7 Å². The van der Waals surface area contributed by atoms with Crippen LogP contribution < -0.4 is 4.74 Å². The lowest BCUT2D eigenvalue weighted by Crippen LogP contribution is -2.19. The molecule has 0 unspecified atom stereocenters. The molecule has 2 nitrogen and oxygen atoms in total. The molecular weight excluding hydrogens is 246 g/mol. The van der Waals surface area contributed by atoms with Crippen molar-refractivity contribution in [2.75, 3.05) is 12.9 Å². The van der Waals surface area contributed by atoms with E-state index < -0.39 is 8.07 Å². The van der Waals surface area contributed by atoms with E-state index in [0.29, 0.717) is 11.3 Å². The summed E-state index contributed by atoms with van der Waals surface area (Å²) in [5.74, 6) is 1.75. The van der Waals surface area contributed by atoms with Crippen molar-refractivity contribution in [2.24, 2.45) is 0 Å². The lowest BCUT2D eigenvalue weighted by molar-refractivity contribution is 0.412. The van der Waals surface area contributed by atoms with E-state index in [1.807, 2.05) is 18.2 Å². The van der Waals surface area contributed by atoms with Crippen LogP contribution >= 0.6 is 11.8 Å². The van der Waals surface area contributed by atoms with E-state index in [2.05, 4.69) is 25.7 Å². The smallest absolute Gasteiger partial charge is 0.137 e. The van der Waals surface area contributed by atoms with Gasteiger partial charge in [0.25, 0.3) is 0 Å². The molecule has 0 fully saturated rings. The van der Waals surface area contributed by atoms with E-state index >= 15 is 0 Å². The number of methoxy groups -OCH3 is 1. The first-order valence-electron chi connectivity index (χ1n) is 5.68. The first-order valence-corrected chi connectivity index (χ1v) is 10.4. The Morgan fingerprint density at radius 2 is 2.06 bits per heavy atom. The second-order valence-electron chi connectivity index (χ2n) is 5.10. The second-order valence-corrected chi connectivity index (χ2v) is 11.9. The molecule has 1 aromatic rings. The van der Waals surface area contributed by atoms with Crippen LogP contribution in [0.3, 0.4) is 0 Å². The average Bonchev–Trinajstić information content (AvgIpc) is 2.27. The van der Waals surface area contributed by atoms with Gasteiger partial charge in [0.2, 0.25) is 0 Å². The molecule has 0 aliphatic rings. The van der Waals surface area contributed by atoms with Crippen LogP contribution in [0.5, 0.6) is 5.75 Å². The van der Waals surface area contributed by atoms with Gasteiger partial charge in [-0.3, -0.25) is 0 Å². The van der Waals surface area contributed by atoms with Gasteiger partial charge in [0.05, 0.1) is 7.11 Å². The Hall–Kier alpha value is -0.923. The molecule has 0 aromatic heterocycles. The molecule has 0 bridgehead atoms. The topological polar surface area (TPSA) is 33.0 Å². The van der Waals surface area contributed by atoms with Crippen molar-refractivity contribution in [3.05, 3.63) is 23.8 Å². The summed E-state index contributed by atoms with van der Waals surface area (Å²) >= 11 is 1.76. The summed E-state index contributed by atoms with van der Waals surface area (Å²) in [5.41, 5.74) is 0.663. The fourth-order valence-electron chi connectivity index (χ4n) is 1.38. The molecular formula is C13H19NOSSi. The van der Waals surface area contributed by atoms with Crippen molar-refractivity contribution >= 4 is 19.8 Å². The number of nitrogens with zero attached hydrogens (tertiary/aromatic N) is 1. The minimum Gasteiger partial charge on any atom is -0.495 e. The summed E-state index contributed by atoms with van der Waals surface area (Å²) in [6.45, 7) is 7.10. The third-order valence-electron chi connectivity index (χ3n) is 2.43. The van der Waals surface area contributed by atoms with E-state index in [-0.39, 0.29) is 0 Å². The number of hydrogen-bond donors (Lipinski definition) is 0. The predicted octanol–water partition coefficient (Wildman–Crippen LogP) is 4.00. The number of hydrogen-bond acceptors (Lipinski definition) is 3. The fourth-order valence-corrected chi connectivity index (χ4v) is 4.92. The van der Waals surface area contributed by atoms with Crippen molar-refractivity contribution in [1.82, 2.24) is 0 Å². The van der Waals surface area contributed by atoms with Crippen LogP contribution in [0, 0.1) is 11.3 Å². The molecule has 1 rings (SSSR count). The van der Waals surface area contributed by atoms with E-state index in [0.717, 1.165) is 10.6 Å². The quantitative estimate of drug-likeness (QED) is 0.596. The third-order valence-corrected chi connectivity index (χ3v) is 5.60. The zero-order valence-corrected chi connectivity index (χ0v) is 12.7. The van der Waals surface area contributed by atoms with Crippen LogP contribution in [0.1, 0.15) is 5.56 Å². The highest BCUT2D eigenvalue weighted by Crippen LogP contribution is 2.30. The maximum atomic E-state index is 9.15. The van der Waals surface area contributed by atoms with Gasteiger partial charge < -0.3 is 4.74 Å². The maximum Gasteiger partial charge on any atom is 0.137 e. The van der Waals surface area contributed by atoms with E-state index in [1.165, 1.54) is 6.04 Å². The predicted molar refractivity (Wildman–Crippen MR) is 76.6 cm³/mol. The molecule has 0 atom stereocenters. The van der Waals surface area contributed by atoms with Gasteiger partial charge in [-0.25, -0.2) is 0 Å². The molecule has 4 heteroatoms. The fraction of sp³-hybridized carbons (Fsp3) is 0.462. The molecule has 0 spiro atoms. The number of nitriles is 1. The van der Waals surface area contributed by atoms with Crippen molar-refractivity contribution in [2.45, 2.75) is 30.6 Å². The summed E-state index contributed by atoms with van der Waals surface area (Å²) in [7, 11) is 0.608. The van der Waals surface area contributed by atoms with Gasteiger partial charge >= 0.3 is 0 Å². The van der Waals surface area contributed by atoms with Crippen molar-refractivity contribution in [1.29, 1.82) is 5.26 Å². The minimum atomic E-state index is -0.996. The Morgan fingerprint density at radius 1 is 1.35 bits per heavy atom. The molecule has 0 N–H and O–H groups in total. The Morgan fingerprint density at radius 3 is 2.59 bits per heavy atom. The summed E-state index contributed by atoms with van der Waals surface area (Å²) in [5, 5.41) is 9.15. The lowest BCUT2D eigenvalue weighted by Gasteiger charge is -2.15. The van der Waals surface area contributed by atoms with Gasteiger partial charge in [0.15, 0.2) is 0 Å². The van der Waals surface area contributed by atoms with Gasteiger partial charge in [-0.15, -0.1) is 11.8 Å². The second kappa shape index (κ2) is 6.13. The SMILES string of the molecule is COc1cccc(SCC[Si](C)(C)C)c1C#N. The highest BCUT2D eigenvalue weighted by Gasteiger charge is 2.14. The van der Waals surface area contributed by atoms with Crippen LogP contribution in [0.15, 0.2) is 23.1 Å². The Labute approximate surface area is 109 Å². The molecule has 0 aliphatic heterocycles. The summed E-state index contributed by atoms with van der Waals surface area (Å²) in [4.78, 5) is 1.03. The molecule has 17 heavy (non-hydrogen) atoms. The van der Waals surface area contributed by atoms with Crippen molar-refractivity contribution in [3.8, 4) is 11.8 Å². The number of benzene rings is 1. The van der Waals surface area contributed by atoms with Crippen molar-refractivity contribution < 1.29 is 4.74 Å². The average molecular weight is 265 g/mol. The first-order chi connectivity index (χ1) is 7.98. The van der Waals surface area contributed by atoms with Gasteiger partial charge in [0, 0.05) is 13.0 Å². The van der Waals surface area contributed by atoms with Gasteiger partial charge in [-0.2, -0.15) is 5.26 Å². The van der Waals surface area contributed by atoms with Gasteiger partial charge in [-0.05, 0) is 23.9 Å². The highest BCUT2D eigenvalue weighted by molar-refractivity contribution is 7.99. The summed E-state index contributed by atoms with van der Waals surface area (Å²) in [6, 6.07) is 9.26. The molecule has 92 valence electrons. The van der Waals surface area contributed by atoms with Gasteiger partial charge in [0.1, 0.15) is 17.4 Å². The molecule has 0 aliphatic carbocycles. The maximum absolute atomic E-state index is 9.15. The van der Waals surface area contributed by atoms with Crippen LogP contribution in [0.25, 0.3) is 0 Å². The monoisotopic (exact) mass is 265 g/mol. The number of thioether (sulfide) groups is 1. The summed E-state index contributed by atoms with van der Waals surface area (Å²) in [6.07, 6.45) is 0. The zero-order chi connectivity index (χ0) is 12.9. The van der Waals surface area contributed by atoms with Crippen LogP contribution in [-0.4, -0.2) is 20.9 Å². The van der Waals surface area contributed by atoms with Crippen molar-refractivity contribution in [3.63, 3.8) is 0 Å². The lowest BCUT2D eigenvalue weighted by atomic mass is 10.2. The van der Waals surface area contributed by atoms with Gasteiger partial charge in [-0.1, -0.05) is 25.7 Å². The molecule has 1 aromatic carbocycles. The first kappa shape index (κ1) is 14.1. The summed E-state index contributed by atoms with van der Waals surface area (Å²) < 4.78 is 5.20. The standard InChI is InChI=1S/C13H19NOSSi/c1-15-12-6-5-7-13(11(12)10-14)16-8-9-17(2,3)4/h5-7H,8-9H2,1-4H3. The third kappa shape index (κ3) is 4.45. The molecule has 0 radical (unpaired) electrons. The van der Waals surface area contributed by atoms with E-state index in [4.69, 9.17) is 10.00 Å².